The molecule has 1 saturated heterocycles. The second-order valence-electron chi connectivity index (χ2n) is 10.9. The highest BCUT2D eigenvalue weighted by Crippen LogP contribution is 2.27. The van der Waals surface area contributed by atoms with Crippen LogP contribution in [0.1, 0.15) is 62.0 Å². The second kappa shape index (κ2) is 9.80. The van der Waals surface area contributed by atoms with Crippen LogP contribution >= 0.6 is 0 Å². The molecule has 9 heteroatoms. The Labute approximate surface area is 215 Å². The van der Waals surface area contributed by atoms with Crippen molar-refractivity contribution in [1.29, 1.82) is 0 Å². The number of benzene rings is 2. The second-order valence-corrected chi connectivity index (χ2v) is 10.9. The number of anilines is 1. The van der Waals surface area contributed by atoms with Crippen molar-refractivity contribution in [3.63, 3.8) is 0 Å². The van der Waals surface area contributed by atoms with Gasteiger partial charge in [0.1, 0.15) is 5.82 Å². The van der Waals surface area contributed by atoms with Crippen LogP contribution < -0.4 is 10.9 Å². The number of fused-ring (bicyclic) bond motifs is 1. The number of carbonyl (C=O) groups excluding carboxylic acids is 1. The summed E-state index contributed by atoms with van der Waals surface area (Å²) in [4.78, 5) is 35.0. The van der Waals surface area contributed by atoms with Gasteiger partial charge in [-0.1, -0.05) is 67.9 Å². The van der Waals surface area contributed by atoms with E-state index >= 15 is 0 Å². The first-order valence-electron chi connectivity index (χ1n) is 12.7. The third-order valence-corrected chi connectivity index (χ3v) is 7.02. The van der Waals surface area contributed by atoms with Crippen molar-refractivity contribution in [2.24, 2.45) is 0 Å². The number of aromatic nitrogens is 5. The molecular formula is C28H33N7O2. The van der Waals surface area contributed by atoms with Crippen molar-refractivity contribution < 1.29 is 4.79 Å². The summed E-state index contributed by atoms with van der Waals surface area (Å²) < 4.78 is 1.68. The molecule has 5 rings (SSSR count). The van der Waals surface area contributed by atoms with E-state index in [0.29, 0.717) is 43.9 Å². The highest BCUT2D eigenvalue weighted by atomic mass is 16.2. The molecule has 2 aromatic heterocycles. The van der Waals surface area contributed by atoms with E-state index in [1.807, 2.05) is 31.2 Å². The minimum Gasteiger partial charge on any atom is -0.324 e. The monoisotopic (exact) mass is 499 g/mol. The molecule has 37 heavy (non-hydrogen) atoms. The van der Waals surface area contributed by atoms with E-state index in [0.717, 1.165) is 16.8 Å². The zero-order valence-corrected chi connectivity index (χ0v) is 21.8. The number of hydrogen-bond acceptors (Lipinski definition) is 5. The van der Waals surface area contributed by atoms with Gasteiger partial charge in [0.05, 0.1) is 6.54 Å². The molecule has 0 radical (unpaired) electrons. The van der Waals surface area contributed by atoms with E-state index in [4.69, 9.17) is 4.98 Å². The average molecular weight is 500 g/mol. The summed E-state index contributed by atoms with van der Waals surface area (Å²) in [5.74, 6) is 0.678. The number of H-pyrrole nitrogens is 1. The number of rotatable bonds is 4. The minimum absolute atomic E-state index is 0.0509. The van der Waals surface area contributed by atoms with Crippen LogP contribution in [0.5, 0.6) is 0 Å². The van der Waals surface area contributed by atoms with E-state index in [9.17, 15) is 9.59 Å². The van der Waals surface area contributed by atoms with Gasteiger partial charge in [-0.25, -0.2) is 14.5 Å². The number of amides is 2. The van der Waals surface area contributed by atoms with Crippen LogP contribution in [0.15, 0.2) is 53.3 Å². The lowest BCUT2D eigenvalue weighted by Crippen LogP contribution is -2.41. The molecule has 0 saturated carbocycles. The molecule has 0 unspecified atom stereocenters. The van der Waals surface area contributed by atoms with Crippen molar-refractivity contribution in [2.75, 3.05) is 18.4 Å². The number of aryl methyl sites for hydroxylation is 1. The molecule has 0 spiro atoms. The van der Waals surface area contributed by atoms with Crippen molar-refractivity contribution >= 4 is 22.9 Å². The molecule has 192 valence electrons. The van der Waals surface area contributed by atoms with Gasteiger partial charge in [0, 0.05) is 24.7 Å². The Bertz CT molecular complexity index is 1460. The van der Waals surface area contributed by atoms with Gasteiger partial charge in [-0.2, -0.15) is 0 Å². The van der Waals surface area contributed by atoms with Crippen molar-refractivity contribution in [2.45, 2.75) is 58.4 Å². The van der Waals surface area contributed by atoms with Crippen LogP contribution in [0.2, 0.25) is 0 Å². The Balaban J connectivity index is 1.28. The fraction of sp³-hybridized carbons (Fsp3) is 0.393. The summed E-state index contributed by atoms with van der Waals surface area (Å²) in [6.45, 7) is 10.2. The van der Waals surface area contributed by atoms with Crippen molar-refractivity contribution in [1.82, 2.24) is 29.9 Å². The molecule has 9 nitrogen and oxygen atoms in total. The molecule has 1 fully saturated rings. The maximum absolute atomic E-state index is 12.8. The van der Waals surface area contributed by atoms with E-state index < -0.39 is 0 Å². The van der Waals surface area contributed by atoms with E-state index in [1.165, 1.54) is 5.56 Å². The lowest BCUT2D eigenvalue weighted by atomic mass is 9.87. The molecule has 0 aliphatic carbocycles. The van der Waals surface area contributed by atoms with Crippen LogP contribution in [-0.2, 0) is 12.0 Å². The summed E-state index contributed by atoms with van der Waals surface area (Å²) in [5.41, 5.74) is 4.78. The van der Waals surface area contributed by atoms with Crippen LogP contribution in [-0.4, -0.2) is 49.0 Å². The Morgan fingerprint density at radius 1 is 1.05 bits per heavy atom. The maximum atomic E-state index is 12.8. The van der Waals surface area contributed by atoms with E-state index in [1.54, 1.807) is 9.58 Å². The number of nitrogens with one attached hydrogen (secondary N) is 2. The summed E-state index contributed by atoms with van der Waals surface area (Å²) in [6.07, 6.45) is 1.43. The normalized spacial score (nSPS) is 14.8. The number of urea groups is 1. The third kappa shape index (κ3) is 5.40. The number of likely N-dealkylation sites (tertiary alicyclic amines) is 1. The first kappa shape index (κ1) is 24.7. The van der Waals surface area contributed by atoms with Gasteiger partial charge in [-0.15, -0.1) is 5.10 Å². The quantitative estimate of drug-likeness (QED) is 0.427. The van der Waals surface area contributed by atoms with Gasteiger partial charge in [-0.3, -0.25) is 4.79 Å². The maximum Gasteiger partial charge on any atom is 0.321 e. The molecule has 2 aromatic carbocycles. The van der Waals surface area contributed by atoms with Crippen LogP contribution in [0.25, 0.3) is 11.2 Å². The van der Waals surface area contributed by atoms with E-state index in [-0.39, 0.29) is 28.4 Å². The number of hydrogen-bond donors (Lipinski definition) is 2. The molecular weight excluding hydrogens is 466 g/mol. The highest BCUT2D eigenvalue weighted by Gasteiger charge is 2.26. The molecule has 1 aliphatic rings. The lowest BCUT2D eigenvalue weighted by molar-refractivity contribution is 0.193. The number of piperidine rings is 1. The molecule has 4 aromatic rings. The Kier molecular flexibility index (Phi) is 6.54. The fourth-order valence-electron chi connectivity index (χ4n) is 4.66. The topological polar surface area (TPSA) is 109 Å². The zero-order valence-electron chi connectivity index (χ0n) is 21.8. The first-order chi connectivity index (χ1) is 17.7. The van der Waals surface area contributed by atoms with E-state index in [2.05, 4.69) is 65.6 Å². The molecule has 2 amide bonds. The smallest absolute Gasteiger partial charge is 0.321 e. The van der Waals surface area contributed by atoms with Gasteiger partial charge in [0.2, 0.25) is 0 Å². The summed E-state index contributed by atoms with van der Waals surface area (Å²) >= 11 is 0. The molecule has 1 aliphatic heterocycles. The van der Waals surface area contributed by atoms with Gasteiger partial charge >= 0.3 is 6.03 Å². The Morgan fingerprint density at radius 3 is 2.38 bits per heavy atom. The largest absolute Gasteiger partial charge is 0.324 e. The van der Waals surface area contributed by atoms with Gasteiger partial charge < -0.3 is 15.2 Å². The highest BCUT2D eigenvalue weighted by molar-refractivity contribution is 5.89. The predicted octanol–water partition coefficient (Wildman–Crippen LogP) is 4.58. The molecule has 3 heterocycles. The van der Waals surface area contributed by atoms with Crippen molar-refractivity contribution in [3.05, 3.63) is 81.4 Å². The summed E-state index contributed by atoms with van der Waals surface area (Å²) in [6, 6.07) is 16.1. The molecule has 0 bridgehead atoms. The average Bonchev–Trinajstić information content (AvgIpc) is 3.28. The SMILES string of the molecule is Cc1ccc(NC(=O)N2CCC(c3nc4c(nnn4Cc4ccc(C(C)(C)C)cc4)c(=O)[nH]3)CC2)cc1. The van der Waals surface area contributed by atoms with Gasteiger partial charge in [0.25, 0.3) is 5.56 Å². The molecule has 2 N–H and O–H groups in total. The van der Waals surface area contributed by atoms with Gasteiger partial charge in [0.15, 0.2) is 11.2 Å². The van der Waals surface area contributed by atoms with Crippen LogP contribution in [0.4, 0.5) is 10.5 Å². The third-order valence-electron chi connectivity index (χ3n) is 7.02. The Morgan fingerprint density at radius 2 is 1.73 bits per heavy atom. The lowest BCUT2D eigenvalue weighted by Gasteiger charge is -2.31. The van der Waals surface area contributed by atoms with Crippen molar-refractivity contribution in [3.8, 4) is 0 Å². The first-order valence-corrected chi connectivity index (χ1v) is 12.7. The van der Waals surface area contributed by atoms with Gasteiger partial charge in [-0.05, 0) is 48.4 Å². The summed E-state index contributed by atoms with van der Waals surface area (Å²) in [7, 11) is 0. The Hall–Kier alpha value is -4.01. The standard InChI is InChI=1S/C28H33N7O2/c1-18-5-11-22(12-6-18)29-27(37)34-15-13-20(14-16-34)24-30-25-23(26(36)31-24)32-33-35(25)17-19-7-9-21(10-8-19)28(2,3)4/h5-12,20H,13-17H2,1-4H3,(H,29,37)(H,30,31,36). The number of aromatic amines is 1. The minimum atomic E-state index is -0.283. The fourth-order valence-corrected chi connectivity index (χ4v) is 4.66. The van der Waals surface area contributed by atoms with Crippen LogP contribution in [0.3, 0.4) is 0 Å². The number of carbonyl (C=O) groups is 1. The van der Waals surface area contributed by atoms with Crippen LogP contribution in [0, 0.1) is 6.92 Å². The zero-order chi connectivity index (χ0) is 26.2. The molecule has 0 atom stereocenters. The predicted molar refractivity (Wildman–Crippen MR) is 144 cm³/mol. The summed E-state index contributed by atoms with van der Waals surface area (Å²) in [5, 5.41) is 11.3. The number of nitrogens with zero attached hydrogens (tertiary/aromatic N) is 5.